The van der Waals surface area contributed by atoms with Gasteiger partial charge in [-0.2, -0.15) is 0 Å². The minimum atomic E-state index is -2.22. The molecule has 0 amide bonds. The first kappa shape index (κ1) is 21.7. The van der Waals surface area contributed by atoms with Gasteiger partial charge in [-0.15, -0.1) is 0 Å². The summed E-state index contributed by atoms with van der Waals surface area (Å²) in [6.45, 7) is 0. The molecule has 114 valence electrons. The van der Waals surface area contributed by atoms with Crippen molar-refractivity contribution < 1.29 is 59.1 Å². The normalized spacial score (nSPS) is 11.3. The van der Waals surface area contributed by atoms with Gasteiger partial charge >= 0.3 is 43.4 Å². The molecule has 0 heterocycles. The molecule has 0 aromatic carbocycles. The number of rotatable bonds is 9. The molecule has 0 fully saturated rings. The van der Waals surface area contributed by atoms with Crippen LogP contribution in [0.5, 0.6) is 0 Å². The van der Waals surface area contributed by atoms with Gasteiger partial charge in [0.15, 0.2) is 0 Å². The van der Waals surface area contributed by atoms with Gasteiger partial charge in [-0.25, -0.2) is 0 Å². The smallest absolute Gasteiger partial charge is 0.481 e. The van der Waals surface area contributed by atoms with Gasteiger partial charge in [0.25, 0.3) is 0 Å². The second-order valence-electron chi connectivity index (χ2n) is 4.59. The van der Waals surface area contributed by atoms with Crippen LogP contribution in [0.15, 0.2) is 0 Å². The third kappa shape index (κ3) is 6.61. The molecular weight excluding hydrogens is 342 g/mol. The van der Waals surface area contributed by atoms with Gasteiger partial charge in [0.1, 0.15) is 0 Å². The number of carboxylic acids is 4. The fourth-order valence-electron chi connectivity index (χ4n) is 1.91. The molecule has 0 saturated carbocycles. The number of hydrogen-bond acceptors (Lipinski definition) is 6. The first-order valence-corrected chi connectivity index (χ1v) is 5.37. The Balaban J connectivity index is 0. The van der Waals surface area contributed by atoms with Crippen LogP contribution in [0.25, 0.3) is 0 Å². The van der Waals surface area contributed by atoms with Crippen molar-refractivity contribution in [3.63, 3.8) is 0 Å². The third-order valence-electron chi connectivity index (χ3n) is 2.86. The van der Waals surface area contributed by atoms with Gasteiger partial charge in [-0.3, -0.25) is 19.2 Å². The molecule has 0 atom stereocenters. The zero-order valence-electron chi connectivity index (χ0n) is 11.1. The molecule has 10 nitrogen and oxygen atoms in total. The van der Waals surface area contributed by atoms with E-state index in [1.165, 1.54) is 0 Å². The summed E-state index contributed by atoms with van der Waals surface area (Å²) in [5, 5.41) is 35.1. The summed E-state index contributed by atoms with van der Waals surface area (Å²) in [6.07, 6.45) is -3.90. The van der Waals surface area contributed by atoms with Gasteiger partial charge in [-0.1, -0.05) is 0 Å². The van der Waals surface area contributed by atoms with Crippen LogP contribution in [0.4, 0.5) is 0 Å². The van der Waals surface area contributed by atoms with E-state index in [-0.39, 0.29) is 19.5 Å². The number of aliphatic carboxylic acids is 4. The summed E-state index contributed by atoms with van der Waals surface area (Å²) in [5.74, 6) is -6.06. The minimum absolute atomic E-state index is 0. The van der Waals surface area contributed by atoms with Crippen LogP contribution in [0, 0.1) is 0 Å². The molecule has 0 spiro atoms. The Hall–Kier alpha value is -1.58. The van der Waals surface area contributed by atoms with Gasteiger partial charge in [0.2, 0.25) is 0 Å². The molecule has 0 radical (unpaired) electrons. The Bertz CT molecular complexity index is 367. The van der Waals surface area contributed by atoms with Crippen molar-refractivity contribution in [3.05, 3.63) is 0 Å². The average Bonchev–Trinajstić information content (AvgIpc) is 2.10. The molecule has 11 heteroatoms. The molecule has 21 heavy (non-hydrogen) atoms. The zero-order chi connectivity index (χ0) is 16.1. The first-order valence-electron chi connectivity index (χ1n) is 5.37. The average molecular weight is 358 g/mol. The topological polar surface area (TPSA) is 201 Å². The van der Waals surface area contributed by atoms with Crippen LogP contribution in [-0.4, -0.2) is 55.4 Å². The van der Waals surface area contributed by atoms with Crippen molar-refractivity contribution in [2.24, 2.45) is 11.5 Å². The van der Waals surface area contributed by atoms with E-state index in [2.05, 4.69) is 0 Å². The van der Waals surface area contributed by atoms with E-state index in [1.54, 1.807) is 0 Å². The summed E-state index contributed by atoms with van der Waals surface area (Å²) in [6, 6.07) is 0. The van der Waals surface area contributed by atoms with Crippen molar-refractivity contribution in [1.29, 1.82) is 0 Å². The molecule has 0 aliphatic rings. The Morgan fingerprint density at radius 1 is 0.619 bits per heavy atom. The molecule has 0 aliphatic carbocycles. The minimum Gasteiger partial charge on any atom is -0.481 e. The maximum Gasteiger partial charge on any atom is 2.00 e. The predicted molar refractivity (Wildman–Crippen MR) is 62.8 cm³/mol. The quantitative estimate of drug-likeness (QED) is 0.257. The van der Waals surface area contributed by atoms with E-state index in [9.17, 15) is 19.2 Å². The van der Waals surface area contributed by atoms with Crippen LogP contribution < -0.4 is 11.5 Å². The largest absolute Gasteiger partial charge is 2.00 e. The van der Waals surface area contributed by atoms with E-state index in [1.807, 2.05) is 0 Å². The first-order chi connectivity index (χ1) is 8.92. The van der Waals surface area contributed by atoms with E-state index in [4.69, 9.17) is 31.9 Å². The van der Waals surface area contributed by atoms with Crippen molar-refractivity contribution >= 4 is 23.9 Å². The van der Waals surface area contributed by atoms with Crippen molar-refractivity contribution in [1.82, 2.24) is 0 Å². The third-order valence-corrected chi connectivity index (χ3v) is 2.86. The second-order valence-corrected chi connectivity index (χ2v) is 4.59. The summed E-state index contributed by atoms with van der Waals surface area (Å²) < 4.78 is 0. The number of nitrogens with two attached hydrogens (primary N) is 2. The van der Waals surface area contributed by atoms with Gasteiger partial charge in [-0.05, 0) is 0 Å². The molecule has 0 saturated heterocycles. The summed E-state index contributed by atoms with van der Waals surface area (Å²) in [4.78, 5) is 43.2. The van der Waals surface area contributed by atoms with E-state index >= 15 is 0 Å². The molecule has 0 bridgehead atoms. The van der Waals surface area contributed by atoms with Crippen LogP contribution in [0.2, 0.25) is 0 Å². The standard InChI is InChI=1S/C10H16N2O8.Zn/c11-9(1-5(13)14,2-6(15)16)10(12,3-7(17)18)4-8(19)20;/h1-4,11-12H2,(H,13,14)(H,15,16)(H,17,18)(H,19,20);/q;+2. The van der Waals surface area contributed by atoms with Gasteiger partial charge < -0.3 is 31.9 Å². The Morgan fingerprint density at radius 3 is 0.857 bits per heavy atom. The van der Waals surface area contributed by atoms with Crippen LogP contribution in [0.3, 0.4) is 0 Å². The molecule has 0 aromatic heterocycles. The van der Waals surface area contributed by atoms with Gasteiger partial charge in [0, 0.05) is 0 Å². The summed E-state index contributed by atoms with van der Waals surface area (Å²) >= 11 is 0. The SMILES string of the molecule is NC(CC(=O)O)(CC(=O)O)C(N)(CC(=O)O)CC(=O)O.[Zn+2]. The summed E-state index contributed by atoms with van der Waals surface area (Å²) in [5.41, 5.74) is 6.88. The van der Waals surface area contributed by atoms with E-state index < -0.39 is 60.6 Å². The maximum absolute atomic E-state index is 10.8. The second kappa shape index (κ2) is 8.01. The van der Waals surface area contributed by atoms with Gasteiger partial charge in [0.05, 0.1) is 36.8 Å². The van der Waals surface area contributed by atoms with Crippen LogP contribution >= 0.6 is 0 Å². The molecular formula is C10H16N2O8Zn+2. The Kier molecular flexibility index (Phi) is 8.28. The van der Waals surface area contributed by atoms with Crippen LogP contribution in [0.1, 0.15) is 25.7 Å². The Morgan fingerprint density at radius 2 is 0.762 bits per heavy atom. The maximum atomic E-state index is 10.8. The molecule has 0 rings (SSSR count). The fraction of sp³-hybridized carbons (Fsp3) is 0.600. The fourth-order valence-corrected chi connectivity index (χ4v) is 1.91. The van der Waals surface area contributed by atoms with Crippen molar-refractivity contribution in [3.8, 4) is 0 Å². The number of hydrogen-bond donors (Lipinski definition) is 6. The van der Waals surface area contributed by atoms with Crippen molar-refractivity contribution in [2.75, 3.05) is 0 Å². The molecule has 0 aromatic rings. The summed E-state index contributed by atoms with van der Waals surface area (Å²) in [7, 11) is 0. The molecule has 0 unspecified atom stereocenters. The molecule has 8 N–H and O–H groups in total. The predicted octanol–water partition coefficient (Wildman–Crippen LogP) is -1.72. The zero-order valence-corrected chi connectivity index (χ0v) is 14.1. The van der Waals surface area contributed by atoms with Crippen LogP contribution in [-0.2, 0) is 38.7 Å². The van der Waals surface area contributed by atoms with Crippen molar-refractivity contribution in [2.45, 2.75) is 36.8 Å². The van der Waals surface area contributed by atoms with E-state index in [0.29, 0.717) is 0 Å². The molecule has 0 aliphatic heterocycles. The Labute approximate surface area is 131 Å². The number of carboxylic acid groups (broad SMARTS) is 4. The monoisotopic (exact) mass is 356 g/mol. The van der Waals surface area contributed by atoms with E-state index in [0.717, 1.165) is 0 Å². The number of carbonyl (C=O) groups is 4.